The molecule has 1 aliphatic carbocycles. The summed E-state index contributed by atoms with van der Waals surface area (Å²) in [7, 11) is 0. The number of carbonyl (C=O) groups is 5. The van der Waals surface area contributed by atoms with Crippen molar-refractivity contribution in [2.24, 2.45) is 16.7 Å². The van der Waals surface area contributed by atoms with Gasteiger partial charge in [0.2, 0.25) is 11.8 Å². The molecule has 12 nitrogen and oxygen atoms in total. The Hall–Kier alpha value is -5.69. The van der Waals surface area contributed by atoms with Crippen LogP contribution < -0.4 is 20.3 Å². The molecule has 0 bridgehead atoms. The lowest BCUT2D eigenvalue weighted by molar-refractivity contribution is -0.164. The molecule has 3 aromatic rings. The Labute approximate surface area is 342 Å². The maximum atomic E-state index is 13.4. The van der Waals surface area contributed by atoms with Crippen LogP contribution in [0.25, 0.3) is 0 Å². The fourth-order valence-corrected chi connectivity index (χ4v) is 9.88. The zero-order chi connectivity index (χ0) is 41.1. The molecule has 1 saturated carbocycles. The second kappa shape index (κ2) is 14.9. The molecule has 0 radical (unpaired) electrons. The Morgan fingerprint density at radius 3 is 2.24 bits per heavy atom. The van der Waals surface area contributed by atoms with Crippen LogP contribution in [0, 0.1) is 39.9 Å². The average molecular weight is 801 g/mol. The third-order valence-electron chi connectivity index (χ3n) is 12.7. The largest absolute Gasteiger partial charge is 0.489 e. The Morgan fingerprint density at radius 2 is 1.59 bits per heavy atom. The summed E-state index contributed by atoms with van der Waals surface area (Å²) < 4.78 is 6.36. The number of amides is 5. The van der Waals surface area contributed by atoms with Crippen molar-refractivity contribution in [3.05, 3.63) is 93.5 Å². The molecule has 8 rings (SSSR count). The third kappa shape index (κ3) is 6.99. The van der Waals surface area contributed by atoms with E-state index in [0.717, 1.165) is 55.2 Å². The molecular weight excluding hydrogens is 756 g/mol. The van der Waals surface area contributed by atoms with Crippen molar-refractivity contribution < 1.29 is 28.7 Å². The predicted octanol–water partition coefficient (Wildman–Crippen LogP) is 5.18. The number of halogens is 1. The van der Waals surface area contributed by atoms with E-state index in [4.69, 9.17) is 16.3 Å². The van der Waals surface area contributed by atoms with Gasteiger partial charge in [0.15, 0.2) is 0 Å². The van der Waals surface area contributed by atoms with Gasteiger partial charge in [0.25, 0.3) is 17.7 Å². The number of likely N-dealkylation sites (tertiary alicyclic amines) is 1. The van der Waals surface area contributed by atoms with Crippen LogP contribution in [0.4, 0.5) is 5.69 Å². The van der Waals surface area contributed by atoms with E-state index in [1.54, 1.807) is 30.3 Å². The van der Waals surface area contributed by atoms with Crippen LogP contribution in [-0.2, 0) is 9.59 Å². The van der Waals surface area contributed by atoms with E-state index in [1.165, 1.54) is 0 Å². The SMILES string of the molecule is CC1(C)C(NC(=O)c2ccc(C#CC3CCN(C4CN(c5ccc6c(c5)C(=O)N(C5CCC(=O)NC5=O)C6=O)C4)CC3)cc2)C(C)(C)C1Oc1ccc(C#N)c(Cl)c1. The lowest BCUT2D eigenvalue weighted by Gasteiger charge is -2.63. The van der Waals surface area contributed by atoms with Crippen LogP contribution in [-0.4, -0.2) is 89.7 Å². The van der Waals surface area contributed by atoms with Gasteiger partial charge >= 0.3 is 0 Å². The van der Waals surface area contributed by atoms with Gasteiger partial charge in [-0.05, 0) is 86.9 Å². The summed E-state index contributed by atoms with van der Waals surface area (Å²) in [6, 6.07) is 19.1. The molecule has 298 valence electrons. The first-order valence-electron chi connectivity index (χ1n) is 19.8. The van der Waals surface area contributed by atoms with E-state index >= 15 is 0 Å². The molecule has 13 heteroatoms. The smallest absolute Gasteiger partial charge is 0.262 e. The highest BCUT2D eigenvalue weighted by molar-refractivity contribution is 6.31. The van der Waals surface area contributed by atoms with Crippen LogP contribution in [0.2, 0.25) is 5.02 Å². The van der Waals surface area contributed by atoms with Gasteiger partial charge in [-0.1, -0.05) is 51.1 Å². The zero-order valence-electron chi connectivity index (χ0n) is 32.9. The molecule has 58 heavy (non-hydrogen) atoms. The predicted molar refractivity (Wildman–Crippen MR) is 216 cm³/mol. The number of fused-ring (bicyclic) bond motifs is 1. The van der Waals surface area contributed by atoms with Crippen LogP contribution in [0.15, 0.2) is 60.7 Å². The molecule has 3 saturated heterocycles. The summed E-state index contributed by atoms with van der Waals surface area (Å²) >= 11 is 6.24. The van der Waals surface area contributed by atoms with Crippen LogP contribution in [0.3, 0.4) is 0 Å². The number of carbonyl (C=O) groups excluding carboxylic acids is 5. The number of anilines is 1. The number of nitrogens with one attached hydrogen (secondary N) is 2. The molecule has 1 unspecified atom stereocenters. The van der Waals surface area contributed by atoms with Gasteiger partial charge in [-0.3, -0.25) is 39.1 Å². The molecule has 4 fully saturated rings. The van der Waals surface area contributed by atoms with E-state index in [0.29, 0.717) is 33.5 Å². The van der Waals surface area contributed by atoms with Crippen molar-refractivity contribution in [2.45, 2.75) is 77.6 Å². The third-order valence-corrected chi connectivity index (χ3v) is 13.0. The maximum Gasteiger partial charge on any atom is 0.262 e. The topological polar surface area (TPSA) is 152 Å². The van der Waals surface area contributed by atoms with Gasteiger partial charge in [-0.2, -0.15) is 5.26 Å². The van der Waals surface area contributed by atoms with Crippen molar-refractivity contribution in [3.63, 3.8) is 0 Å². The van der Waals surface area contributed by atoms with E-state index in [1.807, 2.05) is 30.3 Å². The zero-order valence-corrected chi connectivity index (χ0v) is 33.7. The van der Waals surface area contributed by atoms with E-state index in [-0.39, 0.29) is 53.2 Å². The average Bonchev–Trinajstić information content (AvgIpc) is 3.43. The van der Waals surface area contributed by atoms with Crippen LogP contribution in [0.1, 0.15) is 95.6 Å². The summed E-state index contributed by atoms with van der Waals surface area (Å²) in [6.07, 6.45) is 1.95. The van der Waals surface area contributed by atoms with Crippen LogP contribution in [0.5, 0.6) is 5.75 Å². The Kier molecular flexibility index (Phi) is 10.1. The van der Waals surface area contributed by atoms with Crippen molar-refractivity contribution in [3.8, 4) is 23.7 Å². The molecule has 2 N–H and O–H groups in total. The van der Waals surface area contributed by atoms with Crippen LogP contribution >= 0.6 is 11.6 Å². The monoisotopic (exact) mass is 800 g/mol. The summed E-state index contributed by atoms with van der Waals surface area (Å²) in [5.41, 5.74) is 2.54. The molecule has 4 aliphatic heterocycles. The number of piperidine rings is 2. The Balaban J connectivity index is 0.799. The molecular formula is C45H45ClN6O6. The van der Waals surface area contributed by atoms with Crippen molar-refractivity contribution in [1.82, 2.24) is 20.4 Å². The summed E-state index contributed by atoms with van der Waals surface area (Å²) in [5, 5.41) is 15.0. The fourth-order valence-electron chi connectivity index (χ4n) is 9.66. The fraction of sp³-hybridized carbons (Fsp3) is 0.422. The summed E-state index contributed by atoms with van der Waals surface area (Å²) in [5.74, 6) is 5.49. The Morgan fingerprint density at radius 1 is 0.897 bits per heavy atom. The van der Waals surface area contributed by atoms with Crippen molar-refractivity contribution in [2.75, 3.05) is 31.1 Å². The summed E-state index contributed by atoms with van der Waals surface area (Å²) in [4.78, 5) is 69.5. The maximum absolute atomic E-state index is 13.4. The lowest BCUT2D eigenvalue weighted by atomic mass is 9.49. The molecule has 3 aromatic carbocycles. The molecule has 0 spiro atoms. The number of benzene rings is 3. The number of nitriles is 1. The molecule has 1 atom stereocenters. The Bertz CT molecular complexity index is 2310. The number of rotatable bonds is 7. The molecule has 0 aromatic heterocycles. The minimum atomic E-state index is -0.979. The normalized spacial score (nSPS) is 24.1. The van der Waals surface area contributed by atoms with Crippen molar-refractivity contribution in [1.29, 1.82) is 5.26 Å². The minimum Gasteiger partial charge on any atom is -0.489 e. The van der Waals surface area contributed by atoms with E-state index in [2.05, 4.69) is 66.0 Å². The number of nitrogens with zero attached hydrogens (tertiary/aromatic N) is 4. The highest BCUT2D eigenvalue weighted by Crippen LogP contribution is 2.55. The first-order valence-corrected chi connectivity index (χ1v) is 20.2. The number of imide groups is 2. The molecule has 5 aliphatic rings. The standard InChI is InChI=1S/C45H45ClN6O6/c1-44(2)42(45(3,4)43(44)58-32-13-11-29(23-47)35(46)22-32)49-38(54)28-9-7-26(8-10-28)5-6-27-17-19-50(20-18-27)31-24-51(25-31)30-12-14-33-34(21-30)41(57)52(40(33)56)36-15-16-37(53)48-39(36)55/h7-14,21-22,27,31,36,42-43H,15-20,24-25H2,1-4H3,(H,49,54)(H,48,53,55). The van der Waals surface area contributed by atoms with Gasteiger partial charge < -0.3 is 15.0 Å². The van der Waals surface area contributed by atoms with Crippen molar-refractivity contribution >= 4 is 46.8 Å². The quantitative estimate of drug-likeness (QED) is 0.244. The molecule has 4 heterocycles. The molecule has 5 amide bonds. The first-order chi connectivity index (χ1) is 27.6. The van der Waals surface area contributed by atoms with Gasteiger partial charge in [-0.25, -0.2) is 0 Å². The number of hydrogen-bond acceptors (Lipinski definition) is 9. The first kappa shape index (κ1) is 39.2. The van der Waals surface area contributed by atoms with E-state index < -0.39 is 29.7 Å². The van der Waals surface area contributed by atoms with Gasteiger partial charge in [-0.15, -0.1) is 0 Å². The summed E-state index contributed by atoms with van der Waals surface area (Å²) in [6.45, 7) is 11.8. The second-order valence-electron chi connectivity index (χ2n) is 17.2. The van der Waals surface area contributed by atoms with Gasteiger partial charge in [0.1, 0.15) is 24.0 Å². The number of ether oxygens (including phenoxy) is 1. The lowest BCUT2D eigenvalue weighted by Crippen LogP contribution is -2.74. The minimum absolute atomic E-state index is 0.0858. The second-order valence-corrected chi connectivity index (χ2v) is 17.6. The highest BCUT2D eigenvalue weighted by atomic mass is 35.5. The van der Waals surface area contributed by atoms with E-state index in [9.17, 15) is 29.2 Å². The number of hydrogen-bond donors (Lipinski definition) is 2. The highest BCUT2D eigenvalue weighted by Gasteiger charge is 2.64. The van der Waals surface area contributed by atoms with Gasteiger partial charge in [0, 0.05) is 71.2 Å². The van der Waals surface area contributed by atoms with Gasteiger partial charge in [0.05, 0.1) is 21.7 Å².